The maximum atomic E-state index is 12.0. The van der Waals surface area contributed by atoms with E-state index in [1.807, 2.05) is 4.90 Å². The van der Waals surface area contributed by atoms with Gasteiger partial charge in [0.25, 0.3) is 0 Å². The molecule has 3 aliphatic rings. The molecule has 2 aliphatic heterocycles. The van der Waals surface area contributed by atoms with Gasteiger partial charge in [0.1, 0.15) is 0 Å². The number of amides is 2. The van der Waals surface area contributed by atoms with Gasteiger partial charge in [-0.25, -0.2) is 0 Å². The minimum atomic E-state index is 0.172. The molecule has 0 aromatic rings. The van der Waals surface area contributed by atoms with Crippen LogP contribution >= 0.6 is 0 Å². The van der Waals surface area contributed by atoms with Gasteiger partial charge >= 0.3 is 0 Å². The Balaban J connectivity index is 1.42. The van der Waals surface area contributed by atoms with Gasteiger partial charge in [-0.1, -0.05) is 6.92 Å². The van der Waals surface area contributed by atoms with Crippen LogP contribution in [0, 0.1) is 11.8 Å². The third-order valence-electron chi connectivity index (χ3n) is 5.53. The Labute approximate surface area is 139 Å². The van der Waals surface area contributed by atoms with E-state index in [0.717, 1.165) is 51.7 Å². The molecule has 2 amide bonds. The second kappa shape index (κ2) is 7.18. The standard InChI is InChI=1S/C17H30N4O2/c1-13-10-19(12-17(23)18-9-15-3-4-15)11-16(13)21-7-5-20(6-8-21)14(2)22/h13,15-16H,3-12H2,1-2H3,(H,18,23)/t13-,16-/m0/s1. The fourth-order valence-electron chi connectivity index (χ4n) is 3.86. The van der Waals surface area contributed by atoms with E-state index in [9.17, 15) is 9.59 Å². The molecular weight excluding hydrogens is 292 g/mol. The van der Waals surface area contributed by atoms with E-state index in [4.69, 9.17) is 0 Å². The van der Waals surface area contributed by atoms with Crippen LogP contribution in [0.5, 0.6) is 0 Å². The number of carbonyl (C=O) groups excluding carboxylic acids is 2. The molecule has 23 heavy (non-hydrogen) atoms. The predicted molar refractivity (Wildman–Crippen MR) is 89.0 cm³/mol. The van der Waals surface area contributed by atoms with Crippen molar-refractivity contribution in [2.45, 2.75) is 32.7 Å². The van der Waals surface area contributed by atoms with Crippen LogP contribution in [0.4, 0.5) is 0 Å². The molecule has 130 valence electrons. The number of piperazine rings is 1. The predicted octanol–water partition coefficient (Wildman–Crippen LogP) is -0.00300. The van der Waals surface area contributed by atoms with Crippen molar-refractivity contribution in [3.05, 3.63) is 0 Å². The third kappa shape index (κ3) is 4.44. The van der Waals surface area contributed by atoms with E-state index in [0.29, 0.717) is 18.5 Å². The molecule has 3 rings (SSSR count). The lowest BCUT2D eigenvalue weighted by atomic mass is 10.0. The number of rotatable bonds is 5. The fraction of sp³-hybridized carbons (Fsp3) is 0.882. The van der Waals surface area contributed by atoms with Gasteiger partial charge in [-0.05, 0) is 24.7 Å². The van der Waals surface area contributed by atoms with Crippen LogP contribution < -0.4 is 5.32 Å². The van der Waals surface area contributed by atoms with Crippen LogP contribution in [-0.4, -0.2) is 84.9 Å². The molecule has 0 aromatic carbocycles. The Bertz CT molecular complexity index is 444. The summed E-state index contributed by atoms with van der Waals surface area (Å²) in [6.45, 7) is 10.9. The monoisotopic (exact) mass is 322 g/mol. The summed E-state index contributed by atoms with van der Waals surface area (Å²) in [5.41, 5.74) is 0. The first-order valence-electron chi connectivity index (χ1n) is 9.01. The summed E-state index contributed by atoms with van der Waals surface area (Å²) in [7, 11) is 0. The fourth-order valence-corrected chi connectivity index (χ4v) is 3.86. The average Bonchev–Trinajstić information content (AvgIpc) is 3.28. The number of likely N-dealkylation sites (tertiary alicyclic amines) is 1. The van der Waals surface area contributed by atoms with Gasteiger partial charge in [0.2, 0.25) is 11.8 Å². The molecule has 0 radical (unpaired) electrons. The quantitative estimate of drug-likeness (QED) is 0.774. The SMILES string of the molecule is CC(=O)N1CCN([C@H]2CN(CC(=O)NCC3CC3)C[C@@H]2C)CC1. The maximum absolute atomic E-state index is 12.0. The summed E-state index contributed by atoms with van der Waals surface area (Å²) in [6, 6.07) is 0.514. The lowest BCUT2D eigenvalue weighted by Crippen LogP contribution is -2.53. The average molecular weight is 322 g/mol. The third-order valence-corrected chi connectivity index (χ3v) is 5.53. The second-order valence-electron chi connectivity index (χ2n) is 7.53. The molecule has 2 heterocycles. The van der Waals surface area contributed by atoms with E-state index >= 15 is 0 Å². The van der Waals surface area contributed by atoms with Gasteiger partial charge in [0.15, 0.2) is 0 Å². The van der Waals surface area contributed by atoms with E-state index < -0.39 is 0 Å². The Morgan fingerprint density at radius 2 is 1.78 bits per heavy atom. The molecule has 6 heteroatoms. The zero-order valence-electron chi connectivity index (χ0n) is 14.5. The smallest absolute Gasteiger partial charge is 0.234 e. The molecule has 1 aliphatic carbocycles. The normalized spacial score (nSPS) is 29.7. The number of carbonyl (C=O) groups is 2. The molecule has 1 saturated carbocycles. The first-order valence-corrected chi connectivity index (χ1v) is 9.01. The molecule has 0 unspecified atom stereocenters. The van der Waals surface area contributed by atoms with Gasteiger partial charge < -0.3 is 10.2 Å². The van der Waals surface area contributed by atoms with E-state index in [1.165, 1.54) is 12.8 Å². The molecule has 0 bridgehead atoms. The van der Waals surface area contributed by atoms with Gasteiger partial charge in [-0.2, -0.15) is 0 Å². The van der Waals surface area contributed by atoms with Crippen LogP contribution in [0.1, 0.15) is 26.7 Å². The summed E-state index contributed by atoms with van der Waals surface area (Å²) >= 11 is 0. The lowest BCUT2D eigenvalue weighted by Gasteiger charge is -2.39. The molecular formula is C17H30N4O2. The maximum Gasteiger partial charge on any atom is 0.234 e. The van der Waals surface area contributed by atoms with Crippen LogP contribution in [-0.2, 0) is 9.59 Å². The first-order chi connectivity index (χ1) is 11.0. The van der Waals surface area contributed by atoms with Crippen LogP contribution in [0.2, 0.25) is 0 Å². The van der Waals surface area contributed by atoms with Gasteiger partial charge in [0, 0.05) is 58.8 Å². The molecule has 0 aromatic heterocycles. The Morgan fingerprint density at radius 1 is 1.09 bits per heavy atom. The van der Waals surface area contributed by atoms with Gasteiger partial charge in [0.05, 0.1) is 6.54 Å². The highest BCUT2D eigenvalue weighted by Crippen LogP contribution is 2.27. The van der Waals surface area contributed by atoms with E-state index in [2.05, 4.69) is 22.0 Å². The van der Waals surface area contributed by atoms with Crippen molar-refractivity contribution in [3.63, 3.8) is 0 Å². The van der Waals surface area contributed by atoms with Crippen molar-refractivity contribution in [2.24, 2.45) is 11.8 Å². The van der Waals surface area contributed by atoms with Crippen molar-refractivity contribution in [2.75, 3.05) is 52.4 Å². The topological polar surface area (TPSA) is 55.9 Å². The Morgan fingerprint density at radius 3 is 2.39 bits per heavy atom. The number of nitrogens with zero attached hydrogens (tertiary/aromatic N) is 3. The zero-order valence-corrected chi connectivity index (χ0v) is 14.5. The zero-order chi connectivity index (χ0) is 16.4. The number of nitrogens with one attached hydrogen (secondary N) is 1. The van der Waals surface area contributed by atoms with Crippen molar-refractivity contribution in [1.29, 1.82) is 0 Å². The Kier molecular flexibility index (Phi) is 5.21. The van der Waals surface area contributed by atoms with Gasteiger partial charge in [-0.15, -0.1) is 0 Å². The van der Waals surface area contributed by atoms with Crippen molar-refractivity contribution >= 4 is 11.8 Å². The summed E-state index contributed by atoms with van der Waals surface area (Å²) in [5.74, 6) is 1.67. The van der Waals surface area contributed by atoms with Crippen molar-refractivity contribution in [1.82, 2.24) is 20.0 Å². The van der Waals surface area contributed by atoms with Crippen LogP contribution in [0.3, 0.4) is 0 Å². The highest BCUT2D eigenvalue weighted by Gasteiger charge is 2.36. The number of hydrogen-bond acceptors (Lipinski definition) is 4. The molecule has 0 spiro atoms. The molecule has 2 saturated heterocycles. The van der Waals surface area contributed by atoms with Crippen LogP contribution in [0.15, 0.2) is 0 Å². The van der Waals surface area contributed by atoms with E-state index in [1.54, 1.807) is 6.92 Å². The Hall–Kier alpha value is -1.14. The highest BCUT2D eigenvalue weighted by atomic mass is 16.2. The molecule has 1 N–H and O–H groups in total. The van der Waals surface area contributed by atoms with Crippen molar-refractivity contribution in [3.8, 4) is 0 Å². The first kappa shape index (κ1) is 16.7. The van der Waals surface area contributed by atoms with Crippen molar-refractivity contribution < 1.29 is 9.59 Å². The number of hydrogen-bond donors (Lipinski definition) is 1. The minimum Gasteiger partial charge on any atom is -0.355 e. The second-order valence-corrected chi connectivity index (χ2v) is 7.53. The largest absolute Gasteiger partial charge is 0.355 e. The molecule has 6 nitrogen and oxygen atoms in total. The van der Waals surface area contributed by atoms with Crippen LogP contribution in [0.25, 0.3) is 0 Å². The minimum absolute atomic E-state index is 0.172. The molecule has 3 fully saturated rings. The van der Waals surface area contributed by atoms with E-state index in [-0.39, 0.29) is 11.8 Å². The summed E-state index contributed by atoms with van der Waals surface area (Å²) in [5, 5.41) is 3.06. The summed E-state index contributed by atoms with van der Waals surface area (Å²) in [6.07, 6.45) is 2.55. The highest BCUT2D eigenvalue weighted by molar-refractivity contribution is 5.78. The molecule has 2 atom stereocenters. The summed E-state index contributed by atoms with van der Waals surface area (Å²) < 4.78 is 0. The summed E-state index contributed by atoms with van der Waals surface area (Å²) in [4.78, 5) is 30.2. The lowest BCUT2D eigenvalue weighted by molar-refractivity contribution is -0.131. The van der Waals surface area contributed by atoms with Gasteiger partial charge in [-0.3, -0.25) is 19.4 Å².